The van der Waals surface area contributed by atoms with Gasteiger partial charge in [-0.25, -0.2) is 13.9 Å². The molecule has 0 amide bonds. The number of carboxylic acid groups (broad SMARTS) is 1. The summed E-state index contributed by atoms with van der Waals surface area (Å²) in [5.41, 5.74) is -2.04. The molecule has 10 heteroatoms. The number of hydrogen-bond acceptors (Lipinski definition) is 4. The number of ether oxygens (including phenoxy) is 1. The van der Waals surface area contributed by atoms with E-state index in [-0.39, 0.29) is 11.3 Å². The monoisotopic (exact) mass is 332 g/mol. The molecule has 1 N–H and O–H groups in total. The lowest BCUT2D eigenvalue weighted by Crippen LogP contribution is -2.23. The Morgan fingerprint density at radius 1 is 1.35 bits per heavy atom. The Kier molecular flexibility index (Phi) is 4.08. The number of carbonyl (C=O) groups is 1. The smallest absolute Gasteiger partial charge is 0.476 e. The molecule has 1 heterocycles. The number of nitrogens with zero attached hydrogens (tertiary/aromatic N) is 2. The minimum absolute atomic E-state index is 0.0209. The molecule has 6 nitrogen and oxygen atoms in total. The summed E-state index contributed by atoms with van der Waals surface area (Å²) < 4.78 is 54.5. The molecule has 0 aliphatic rings. The number of rotatable bonds is 3. The van der Waals surface area contributed by atoms with Gasteiger partial charge in [0.05, 0.1) is 0 Å². The van der Waals surface area contributed by atoms with Gasteiger partial charge in [-0.2, -0.15) is 5.10 Å². The zero-order chi connectivity index (χ0) is 17.4. The van der Waals surface area contributed by atoms with Crippen LogP contribution in [0, 0.1) is 12.7 Å². The van der Waals surface area contributed by atoms with Crippen molar-refractivity contribution in [2.24, 2.45) is 0 Å². The van der Waals surface area contributed by atoms with Crippen LogP contribution in [-0.2, 0) is 0 Å². The summed E-state index contributed by atoms with van der Waals surface area (Å²) in [5, 5.41) is 12.4. The topological polar surface area (TPSA) is 81.4 Å². The molecule has 0 spiro atoms. The fraction of sp³-hybridized carbons (Fsp3) is 0.154. The molecule has 2 aromatic rings. The zero-order valence-corrected chi connectivity index (χ0v) is 11.4. The van der Waals surface area contributed by atoms with Crippen LogP contribution >= 0.6 is 0 Å². The minimum atomic E-state index is -4.98. The normalized spacial score (nSPS) is 11.3. The van der Waals surface area contributed by atoms with Crippen molar-refractivity contribution in [2.45, 2.75) is 13.3 Å². The van der Waals surface area contributed by atoms with Gasteiger partial charge in [0.2, 0.25) is 11.1 Å². The summed E-state index contributed by atoms with van der Waals surface area (Å²) in [6.07, 6.45) is -3.91. The molecule has 0 atom stereocenters. The summed E-state index contributed by atoms with van der Waals surface area (Å²) in [5.74, 6) is -3.53. The van der Waals surface area contributed by atoms with Gasteiger partial charge in [-0.05, 0) is 19.1 Å². The van der Waals surface area contributed by atoms with Crippen LogP contribution in [-0.4, -0.2) is 27.2 Å². The molecule has 0 unspecified atom stereocenters. The average molecular weight is 332 g/mol. The van der Waals surface area contributed by atoms with E-state index in [0.29, 0.717) is 6.07 Å². The van der Waals surface area contributed by atoms with E-state index in [0.717, 1.165) is 23.0 Å². The first kappa shape index (κ1) is 16.5. The van der Waals surface area contributed by atoms with Crippen molar-refractivity contribution < 1.29 is 32.2 Å². The van der Waals surface area contributed by atoms with Crippen molar-refractivity contribution in [1.82, 2.24) is 9.78 Å². The van der Waals surface area contributed by atoms with E-state index in [1.807, 2.05) is 0 Å². The molecule has 122 valence electrons. The molecule has 0 saturated heterocycles. The van der Waals surface area contributed by atoms with Crippen LogP contribution in [0.4, 0.5) is 17.6 Å². The second-order valence-corrected chi connectivity index (χ2v) is 4.40. The van der Waals surface area contributed by atoms with Gasteiger partial charge < -0.3 is 9.84 Å². The van der Waals surface area contributed by atoms with E-state index in [9.17, 15) is 27.2 Å². The van der Waals surface area contributed by atoms with Crippen LogP contribution < -0.4 is 10.2 Å². The van der Waals surface area contributed by atoms with Gasteiger partial charge in [0, 0.05) is 17.8 Å². The van der Waals surface area contributed by atoms with Crippen LogP contribution in [0.25, 0.3) is 5.69 Å². The molecule has 23 heavy (non-hydrogen) atoms. The van der Waals surface area contributed by atoms with E-state index >= 15 is 0 Å². The highest BCUT2D eigenvalue weighted by Crippen LogP contribution is 2.25. The first-order valence-electron chi connectivity index (χ1n) is 5.98. The van der Waals surface area contributed by atoms with Gasteiger partial charge in [0.25, 0.3) is 0 Å². The lowest BCUT2D eigenvalue weighted by molar-refractivity contribution is -0.274. The van der Waals surface area contributed by atoms with Crippen LogP contribution in [0.3, 0.4) is 0 Å². The third-order valence-electron chi connectivity index (χ3n) is 2.70. The molecular formula is C13H8F4N2O4. The maximum absolute atomic E-state index is 13.9. The number of aromatic nitrogens is 2. The van der Waals surface area contributed by atoms with Crippen molar-refractivity contribution in [1.29, 1.82) is 0 Å². The molecular weight excluding hydrogens is 324 g/mol. The number of aryl methyl sites for hydroxylation is 1. The van der Waals surface area contributed by atoms with Crippen LogP contribution in [0.1, 0.15) is 16.1 Å². The summed E-state index contributed by atoms with van der Waals surface area (Å²) in [7, 11) is 0. The highest BCUT2D eigenvalue weighted by atomic mass is 19.4. The van der Waals surface area contributed by atoms with Crippen molar-refractivity contribution in [2.75, 3.05) is 0 Å². The minimum Gasteiger partial charge on any atom is -0.476 e. The van der Waals surface area contributed by atoms with Gasteiger partial charge >= 0.3 is 12.3 Å². The van der Waals surface area contributed by atoms with Crippen LogP contribution in [0.5, 0.6) is 5.75 Å². The fourth-order valence-corrected chi connectivity index (χ4v) is 1.74. The highest BCUT2D eigenvalue weighted by Gasteiger charge is 2.31. The van der Waals surface area contributed by atoms with Crippen LogP contribution in [0.2, 0.25) is 0 Å². The SMILES string of the molecule is Cc1cn(-c2ccc(OC(F)(F)F)cc2F)nc(C(=O)O)c1=O. The third-order valence-corrected chi connectivity index (χ3v) is 2.70. The highest BCUT2D eigenvalue weighted by molar-refractivity contribution is 5.85. The number of aromatic carboxylic acids is 1. The number of carboxylic acids is 1. The summed E-state index contributed by atoms with van der Waals surface area (Å²) in [6, 6.07) is 2.22. The number of halogens is 4. The van der Waals surface area contributed by atoms with Crippen molar-refractivity contribution >= 4 is 5.97 Å². The van der Waals surface area contributed by atoms with E-state index < -0.39 is 35.0 Å². The van der Waals surface area contributed by atoms with Crippen molar-refractivity contribution in [3.05, 3.63) is 51.7 Å². The molecule has 0 saturated carbocycles. The molecule has 0 fully saturated rings. The largest absolute Gasteiger partial charge is 0.573 e. The third kappa shape index (κ3) is 3.65. The fourth-order valence-electron chi connectivity index (χ4n) is 1.74. The lowest BCUT2D eigenvalue weighted by Gasteiger charge is -2.12. The number of benzene rings is 1. The van der Waals surface area contributed by atoms with Crippen molar-refractivity contribution in [3.8, 4) is 11.4 Å². The molecule has 0 bridgehead atoms. The predicted octanol–water partition coefficient (Wildman–Crippen LogP) is 2.28. The van der Waals surface area contributed by atoms with E-state index in [2.05, 4.69) is 9.84 Å². The quantitative estimate of drug-likeness (QED) is 0.872. The van der Waals surface area contributed by atoms with Gasteiger partial charge in [-0.1, -0.05) is 0 Å². The maximum atomic E-state index is 13.9. The Hall–Kier alpha value is -2.91. The zero-order valence-electron chi connectivity index (χ0n) is 11.4. The Morgan fingerprint density at radius 3 is 2.52 bits per heavy atom. The van der Waals surface area contributed by atoms with Crippen molar-refractivity contribution in [3.63, 3.8) is 0 Å². The van der Waals surface area contributed by atoms with Gasteiger partial charge in [-0.15, -0.1) is 13.2 Å². The van der Waals surface area contributed by atoms with E-state index in [1.165, 1.54) is 6.92 Å². The molecule has 1 aromatic carbocycles. The first-order chi connectivity index (χ1) is 10.6. The summed E-state index contributed by atoms with van der Waals surface area (Å²) in [4.78, 5) is 22.5. The standard InChI is InChI=1S/C13H8F4N2O4/c1-6-5-19(18-10(11(6)20)12(21)22)9-3-2-7(4-8(9)14)23-13(15,16)17/h2-5H,1H3,(H,21,22). The Bertz CT molecular complexity index is 830. The Balaban J connectivity index is 2.51. The molecule has 0 aliphatic heterocycles. The second kappa shape index (κ2) is 5.71. The van der Waals surface area contributed by atoms with Crippen LogP contribution in [0.15, 0.2) is 29.2 Å². The molecule has 2 rings (SSSR count). The van der Waals surface area contributed by atoms with Gasteiger partial charge in [0.15, 0.2) is 5.82 Å². The lowest BCUT2D eigenvalue weighted by atomic mass is 10.2. The Morgan fingerprint density at radius 2 is 2.00 bits per heavy atom. The average Bonchev–Trinajstić information content (AvgIpc) is 2.39. The number of hydrogen-bond donors (Lipinski definition) is 1. The Labute approximate surface area is 125 Å². The number of alkyl halides is 3. The summed E-state index contributed by atoms with van der Waals surface area (Å²) in [6.45, 7) is 1.30. The van der Waals surface area contributed by atoms with E-state index in [4.69, 9.17) is 5.11 Å². The van der Waals surface area contributed by atoms with Gasteiger partial charge in [0.1, 0.15) is 11.4 Å². The second-order valence-electron chi connectivity index (χ2n) is 4.40. The van der Waals surface area contributed by atoms with E-state index in [1.54, 1.807) is 0 Å². The van der Waals surface area contributed by atoms with Gasteiger partial charge in [-0.3, -0.25) is 4.79 Å². The molecule has 1 aromatic heterocycles. The molecule has 0 aliphatic carbocycles. The first-order valence-corrected chi connectivity index (χ1v) is 5.98. The summed E-state index contributed by atoms with van der Waals surface area (Å²) >= 11 is 0. The maximum Gasteiger partial charge on any atom is 0.573 e. The predicted molar refractivity (Wildman–Crippen MR) is 68.2 cm³/mol. The molecule has 0 radical (unpaired) electrons.